The van der Waals surface area contributed by atoms with Crippen LogP contribution in [0.3, 0.4) is 0 Å². The van der Waals surface area contributed by atoms with Crippen LogP contribution in [-0.4, -0.2) is 34.8 Å². The van der Waals surface area contributed by atoms with E-state index in [4.69, 9.17) is 0 Å². The number of amides is 2. The van der Waals surface area contributed by atoms with Gasteiger partial charge in [-0.15, -0.1) is 0 Å². The molecule has 1 saturated heterocycles. The molecule has 1 heterocycles. The molecule has 4 nitrogen and oxygen atoms in total. The zero-order valence-electron chi connectivity index (χ0n) is 16.5. The lowest BCUT2D eigenvalue weighted by atomic mass is 10.0. The minimum Gasteiger partial charge on any atom is -0.347 e. The molecule has 1 atom stereocenters. The molecule has 0 aromatic heterocycles. The van der Waals surface area contributed by atoms with E-state index in [1.807, 2.05) is 17.9 Å². The summed E-state index contributed by atoms with van der Waals surface area (Å²) in [4.78, 5) is 27.6. The average Bonchev–Trinajstić information content (AvgIpc) is 3.16. The van der Waals surface area contributed by atoms with Crippen LogP contribution in [-0.2, 0) is 17.6 Å². The lowest BCUT2D eigenvalue weighted by Gasteiger charge is -2.29. The van der Waals surface area contributed by atoms with Crippen LogP contribution in [0.5, 0.6) is 0 Å². The van der Waals surface area contributed by atoms with Gasteiger partial charge in [0.25, 0.3) is 5.91 Å². The number of allylic oxidation sites excluding steroid dienone is 1. The minimum absolute atomic E-state index is 0.0101. The Balaban J connectivity index is 1.46. The molecular weight excluding hydrogens is 336 g/mol. The third-order valence-corrected chi connectivity index (χ3v) is 6.52. The van der Waals surface area contributed by atoms with E-state index >= 15 is 0 Å². The number of rotatable bonds is 5. The number of hydrogen-bond donors (Lipinski definition) is 1. The first-order chi connectivity index (χ1) is 13.0. The zero-order valence-corrected chi connectivity index (χ0v) is 16.5. The molecule has 4 heteroatoms. The minimum atomic E-state index is -0.155. The van der Waals surface area contributed by atoms with Gasteiger partial charge in [-0.2, -0.15) is 0 Å². The van der Waals surface area contributed by atoms with Gasteiger partial charge >= 0.3 is 0 Å². The van der Waals surface area contributed by atoms with Crippen molar-refractivity contribution in [3.63, 3.8) is 0 Å². The molecule has 1 aliphatic heterocycles. The van der Waals surface area contributed by atoms with Crippen molar-refractivity contribution in [3.8, 4) is 0 Å². The number of fused-ring (bicyclic) bond motifs is 1. The van der Waals surface area contributed by atoms with E-state index in [9.17, 15) is 9.59 Å². The molecule has 2 aliphatic carbocycles. The van der Waals surface area contributed by atoms with Gasteiger partial charge in [0.05, 0.1) is 11.6 Å². The van der Waals surface area contributed by atoms with E-state index in [0.29, 0.717) is 0 Å². The van der Waals surface area contributed by atoms with Crippen molar-refractivity contribution in [1.82, 2.24) is 10.2 Å². The second-order valence-electron chi connectivity index (χ2n) is 8.49. The molecule has 1 unspecified atom stereocenters. The van der Waals surface area contributed by atoms with E-state index < -0.39 is 0 Å². The predicted octanol–water partition coefficient (Wildman–Crippen LogP) is 3.79. The lowest BCUT2D eigenvalue weighted by molar-refractivity contribution is -0.117. The number of carbonyl (C=O) groups excluding carboxylic acids is 2. The summed E-state index contributed by atoms with van der Waals surface area (Å²) in [5, 5.41) is 3.19. The molecule has 27 heavy (non-hydrogen) atoms. The van der Waals surface area contributed by atoms with E-state index in [1.165, 1.54) is 17.5 Å². The van der Waals surface area contributed by atoms with Crippen molar-refractivity contribution in [3.05, 3.63) is 46.5 Å². The largest absolute Gasteiger partial charge is 0.347 e. The van der Waals surface area contributed by atoms with Crippen LogP contribution >= 0.6 is 0 Å². The average molecular weight is 367 g/mol. The summed E-state index contributed by atoms with van der Waals surface area (Å²) in [6, 6.07) is 6.30. The molecule has 144 valence electrons. The fourth-order valence-electron chi connectivity index (χ4n) is 4.96. The Morgan fingerprint density at radius 1 is 1.26 bits per heavy atom. The number of benzene rings is 1. The van der Waals surface area contributed by atoms with Gasteiger partial charge in [-0.1, -0.05) is 25.0 Å². The highest BCUT2D eigenvalue weighted by Crippen LogP contribution is 2.50. The quantitative estimate of drug-likeness (QED) is 0.806. The molecule has 2 amide bonds. The Morgan fingerprint density at radius 2 is 2.04 bits per heavy atom. The molecule has 4 rings (SSSR count). The number of aryl methyl sites for hydroxylation is 2. The summed E-state index contributed by atoms with van der Waals surface area (Å²) in [5.74, 6) is 0.126. The first-order valence-electron chi connectivity index (χ1n) is 10.4. The van der Waals surface area contributed by atoms with Crippen LogP contribution < -0.4 is 5.32 Å². The standard InChI is InChI=1S/C23H30N2O2/c1-3-5-16(2)14-21(26)24-20-10-13-25(23(20)11-12-23)22(27)19-9-8-17-6-4-7-18(17)15-19/h8-9,14-15,20H,3-7,10-13H2,1-2H3,(H,24,26)/b16-14+. The Hall–Kier alpha value is -2.10. The van der Waals surface area contributed by atoms with Gasteiger partial charge < -0.3 is 10.2 Å². The molecule has 0 bridgehead atoms. The fraction of sp³-hybridized carbons (Fsp3) is 0.565. The number of nitrogens with one attached hydrogen (secondary N) is 1. The Bertz CT molecular complexity index is 792. The molecule has 1 aromatic carbocycles. The number of hydrogen-bond acceptors (Lipinski definition) is 2. The number of likely N-dealkylation sites (tertiary alicyclic amines) is 1. The van der Waals surface area contributed by atoms with Crippen LogP contribution in [0.4, 0.5) is 0 Å². The van der Waals surface area contributed by atoms with E-state index in [0.717, 1.165) is 62.6 Å². The summed E-state index contributed by atoms with van der Waals surface area (Å²) in [5.41, 5.74) is 4.51. The van der Waals surface area contributed by atoms with Gasteiger partial charge in [0.1, 0.15) is 0 Å². The van der Waals surface area contributed by atoms with Gasteiger partial charge in [-0.25, -0.2) is 0 Å². The van der Waals surface area contributed by atoms with Crippen LogP contribution in [0.25, 0.3) is 0 Å². The van der Waals surface area contributed by atoms with Gasteiger partial charge in [0.15, 0.2) is 0 Å². The van der Waals surface area contributed by atoms with Crippen molar-refractivity contribution in [1.29, 1.82) is 0 Å². The van der Waals surface area contributed by atoms with Crippen molar-refractivity contribution in [2.75, 3.05) is 6.54 Å². The highest BCUT2D eigenvalue weighted by molar-refractivity contribution is 5.96. The maximum absolute atomic E-state index is 13.2. The van der Waals surface area contributed by atoms with Crippen LogP contribution in [0.1, 0.15) is 73.9 Å². The van der Waals surface area contributed by atoms with Gasteiger partial charge in [0, 0.05) is 18.2 Å². The highest BCUT2D eigenvalue weighted by Gasteiger charge is 2.59. The molecule has 1 N–H and O–H groups in total. The monoisotopic (exact) mass is 366 g/mol. The molecule has 3 aliphatic rings. The van der Waals surface area contributed by atoms with Crippen LogP contribution in [0.2, 0.25) is 0 Å². The van der Waals surface area contributed by atoms with Crippen molar-refractivity contribution in [2.24, 2.45) is 0 Å². The lowest BCUT2D eigenvalue weighted by Crippen LogP contribution is -2.48. The molecule has 1 spiro atoms. The first-order valence-corrected chi connectivity index (χ1v) is 10.4. The molecule has 2 fully saturated rings. The normalized spacial score (nSPS) is 22.8. The second kappa shape index (κ2) is 7.14. The van der Waals surface area contributed by atoms with Crippen molar-refractivity contribution in [2.45, 2.75) is 76.8 Å². The highest BCUT2D eigenvalue weighted by atomic mass is 16.2. The third kappa shape index (κ3) is 3.42. The second-order valence-corrected chi connectivity index (χ2v) is 8.49. The van der Waals surface area contributed by atoms with Crippen LogP contribution in [0, 0.1) is 0 Å². The van der Waals surface area contributed by atoms with Crippen molar-refractivity contribution >= 4 is 11.8 Å². The maximum Gasteiger partial charge on any atom is 0.254 e. The molecule has 1 aromatic rings. The Morgan fingerprint density at radius 3 is 2.78 bits per heavy atom. The maximum atomic E-state index is 13.2. The Kier molecular flexibility index (Phi) is 4.83. The third-order valence-electron chi connectivity index (χ3n) is 6.52. The predicted molar refractivity (Wildman–Crippen MR) is 107 cm³/mol. The van der Waals surface area contributed by atoms with Gasteiger partial charge in [-0.05, 0) is 75.1 Å². The van der Waals surface area contributed by atoms with E-state index in [-0.39, 0.29) is 23.4 Å². The molecular formula is C23H30N2O2. The van der Waals surface area contributed by atoms with Crippen LogP contribution in [0.15, 0.2) is 29.8 Å². The topological polar surface area (TPSA) is 49.4 Å². The number of nitrogens with zero attached hydrogens (tertiary/aromatic N) is 1. The summed E-state index contributed by atoms with van der Waals surface area (Å²) in [6.45, 7) is 4.86. The fourth-order valence-corrected chi connectivity index (χ4v) is 4.96. The van der Waals surface area contributed by atoms with Gasteiger partial charge in [-0.3, -0.25) is 9.59 Å². The molecule has 0 radical (unpaired) electrons. The van der Waals surface area contributed by atoms with E-state index in [1.54, 1.807) is 6.08 Å². The summed E-state index contributed by atoms with van der Waals surface area (Å²) < 4.78 is 0. The molecule has 1 saturated carbocycles. The van der Waals surface area contributed by atoms with Gasteiger partial charge in [0.2, 0.25) is 5.91 Å². The number of carbonyl (C=O) groups is 2. The smallest absolute Gasteiger partial charge is 0.254 e. The Labute approximate surface area is 162 Å². The SMILES string of the molecule is CCC/C(C)=C/C(=O)NC1CCN(C(=O)c2ccc3c(c2)CCC3)C12CC2. The zero-order chi connectivity index (χ0) is 19.0. The van der Waals surface area contributed by atoms with E-state index in [2.05, 4.69) is 24.4 Å². The summed E-state index contributed by atoms with van der Waals surface area (Å²) >= 11 is 0. The summed E-state index contributed by atoms with van der Waals surface area (Å²) in [6.07, 6.45) is 9.98. The summed E-state index contributed by atoms with van der Waals surface area (Å²) in [7, 11) is 0. The first kappa shape index (κ1) is 18.3. The van der Waals surface area contributed by atoms with Crippen molar-refractivity contribution < 1.29 is 9.59 Å².